The van der Waals surface area contributed by atoms with Crippen LogP contribution in [0.5, 0.6) is 5.75 Å². The van der Waals surface area contributed by atoms with Crippen molar-refractivity contribution >= 4 is 19.7 Å². The van der Waals surface area contributed by atoms with E-state index in [4.69, 9.17) is 15.9 Å². The van der Waals surface area contributed by atoms with Crippen molar-refractivity contribution in [2.45, 2.75) is 18.2 Å². The summed E-state index contributed by atoms with van der Waals surface area (Å²) in [5.41, 5.74) is -0.394. The molecule has 4 nitrogen and oxygen atoms in total. The van der Waals surface area contributed by atoms with Crippen LogP contribution in [0.4, 0.5) is 13.2 Å². The Balaban J connectivity index is 3.57. The molecule has 0 saturated heterocycles. The highest BCUT2D eigenvalue weighted by Gasteiger charge is 2.35. The first kappa shape index (κ1) is 14.6. The van der Waals surface area contributed by atoms with Crippen LogP contribution in [-0.2, 0) is 9.05 Å². The minimum Gasteiger partial charge on any atom is -0.404 e. The summed E-state index contributed by atoms with van der Waals surface area (Å²) < 4.78 is 62.4. The standard InChI is InChI=1S/C9H5ClF3NO3S/c1-5-6(4-14)2-3-7(18(10,15)16)8(5)17-9(11,12)13/h2-3H,1H3. The predicted molar refractivity (Wildman–Crippen MR) is 55.6 cm³/mol. The highest BCUT2D eigenvalue weighted by atomic mass is 35.7. The number of ether oxygens (including phenoxy) is 1. The normalized spacial score (nSPS) is 12.0. The quantitative estimate of drug-likeness (QED) is 0.787. The molecule has 0 aliphatic rings. The zero-order valence-corrected chi connectivity index (χ0v) is 10.3. The van der Waals surface area contributed by atoms with Gasteiger partial charge >= 0.3 is 6.36 Å². The molecule has 9 heteroatoms. The first-order valence-corrected chi connectivity index (χ1v) is 6.61. The fourth-order valence-corrected chi connectivity index (χ4v) is 2.23. The summed E-state index contributed by atoms with van der Waals surface area (Å²) in [7, 11) is 0.587. The highest BCUT2D eigenvalue weighted by Crippen LogP contribution is 2.35. The van der Waals surface area contributed by atoms with Gasteiger partial charge in [-0.05, 0) is 19.1 Å². The molecule has 1 aromatic rings. The molecule has 0 aliphatic heterocycles. The number of hydrogen-bond donors (Lipinski definition) is 0. The highest BCUT2D eigenvalue weighted by molar-refractivity contribution is 8.13. The molecule has 0 fully saturated rings. The van der Waals surface area contributed by atoms with E-state index in [1.807, 2.05) is 0 Å². The van der Waals surface area contributed by atoms with Crippen LogP contribution in [-0.4, -0.2) is 14.8 Å². The molecule has 1 aromatic carbocycles. The number of nitrogens with zero attached hydrogens (tertiary/aromatic N) is 1. The zero-order valence-electron chi connectivity index (χ0n) is 8.75. The second-order valence-electron chi connectivity index (χ2n) is 3.16. The van der Waals surface area contributed by atoms with Crippen molar-refractivity contribution < 1.29 is 26.3 Å². The van der Waals surface area contributed by atoms with Crippen molar-refractivity contribution in [3.63, 3.8) is 0 Å². The Morgan fingerprint density at radius 1 is 1.39 bits per heavy atom. The van der Waals surface area contributed by atoms with Crippen LogP contribution < -0.4 is 4.74 Å². The van der Waals surface area contributed by atoms with E-state index in [1.165, 1.54) is 0 Å². The fraction of sp³-hybridized carbons (Fsp3) is 0.222. The number of alkyl halides is 3. The van der Waals surface area contributed by atoms with Gasteiger partial charge in [-0.25, -0.2) is 8.42 Å². The molecule has 18 heavy (non-hydrogen) atoms. The Kier molecular flexibility index (Phi) is 3.78. The zero-order chi connectivity index (χ0) is 14.1. The van der Waals surface area contributed by atoms with Crippen LogP contribution in [0, 0.1) is 18.3 Å². The lowest BCUT2D eigenvalue weighted by Gasteiger charge is -2.14. The van der Waals surface area contributed by atoms with E-state index in [9.17, 15) is 21.6 Å². The van der Waals surface area contributed by atoms with Gasteiger partial charge in [0.05, 0.1) is 11.6 Å². The van der Waals surface area contributed by atoms with E-state index in [2.05, 4.69) is 4.74 Å². The molecular formula is C9H5ClF3NO3S. The van der Waals surface area contributed by atoms with Gasteiger partial charge in [0.25, 0.3) is 9.05 Å². The summed E-state index contributed by atoms with van der Waals surface area (Å²) in [6, 6.07) is 3.45. The fourth-order valence-electron chi connectivity index (χ4n) is 1.22. The number of rotatable bonds is 2. The summed E-state index contributed by atoms with van der Waals surface area (Å²) in [6.07, 6.45) is -5.09. The van der Waals surface area contributed by atoms with Crippen molar-refractivity contribution in [2.24, 2.45) is 0 Å². The van der Waals surface area contributed by atoms with E-state index in [0.29, 0.717) is 0 Å². The van der Waals surface area contributed by atoms with Crippen LogP contribution in [0.2, 0.25) is 0 Å². The largest absolute Gasteiger partial charge is 0.573 e. The minimum atomic E-state index is -5.09. The maximum atomic E-state index is 12.2. The van der Waals surface area contributed by atoms with Crippen molar-refractivity contribution in [3.8, 4) is 11.8 Å². The van der Waals surface area contributed by atoms with Crippen LogP contribution in [0.15, 0.2) is 17.0 Å². The van der Waals surface area contributed by atoms with E-state index < -0.39 is 26.1 Å². The van der Waals surface area contributed by atoms with Gasteiger partial charge in [0.15, 0.2) is 5.75 Å². The summed E-state index contributed by atoms with van der Waals surface area (Å²) in [5, 5.41) is 8.67. The molecule has 0 unspecified atom stereocenters. The predicted octanol–water partition coefficient (Wildman–Crippen LogP) is 2.69. The molecule has 0 atom stereocenters. The summed E-state index contributed by atoms with van der Waals surface area (Å²) in [4.78, 5) is -0.835. The minimum absolute atomic E-state index is 0.140. The maximum Gasteiger partial charge on any atom is 0.573 e. The van der Waals surface area contributed by atoms with Gasteiger partial charge in [-0.15, -0.1) is 13.2 Å². The van der Waals surface area contributed by atoms with Crippen LogP contribution in [0.3, 0.4) is 0 Å². The van der Waals surface area contributed by atoms with Gasteiger partial charge in [-0.2, -0.15) is 5.26 Å². The molecule has 0 amide bonds. The van der Waals surface area contributed by atoms with E-state index in [1.54, 1.807) is 6.07 Å². The molecule has 0 spiro atoms. The third-order valence-corrected chi connectivity index (χ3v) is 3.32. The van der Waals surface area contributed by atoms with E-state index in [0.717, 1.165) is 19.1 Å². The molecule has 0 N–H and O–H groups in total. The average molecular weight is 300 g/mol. The summed E-state index contributed by atoms with van der Waals surface area (Å²) in [6.45, 7) is 1.13. The lowest BCUT2D eigenvalue weighted by Crippen LogP contribution is -2.19. The maximum absolute atomic E-state index is 12.2. The number of hydrogen-bond acceptors (Lipinski definition) is 4. The SMILES string of the molecule is Cc1c(C#N)ccc(S(=O)(=O)Cl)c1OC(F)(F)F. The summed E-state index contributed by atoms with van der Waals surface area (Å²) in [5.74, 6) is -0.989. The van der Waals surface area contributed by atoms with Gasteiger partial charge in [-0.1, -0.05) is 0 Å². The van der Waals surface area contributed by atoms with E-state index >= 15 is 0 Å². The van der Waals surface area contributed by atoms with Gasteiger partial charge in [-0.3, -0.25) is 0 Å². The molecule has 0 aromatic heterocycles. The topological polar surface area (TPSA) is 67.2 Å². The summed E-state index contributed by atoms with van der Waals surface area (Å²) >= 11 is 0. The Bertz CT molecular complexity index is 619. The van der Waals surface area contributed by atoms with E-state index in [-0.39, 0.29) is 11.1 Å². The Hall–Kier alpha value is -1.46. The second kappa shape index (κ2) is 4.66. The third kappa shape index (κ3) is 3.27. The van der Waals surface area contributed by atoms with Crippen molar-refractivity contribution in [1.82, 2.24) is 0 Å². The lowest BCUT2D eigenvalue weighted by atomic mass is 10.1. The molecule has 98 valence electrons. The number of benzene rings is 1. The molecule has 0 heterocycles. The van der Waals surface area contributed by atoms with Crippen LogP contribution >= 0.6 is 10.7 Å². The smallest absolute Gasteiger partial charge is 0.404 e. The Labute approximate surface area is 105 Å². The number of nitriles is 1. The van der Waals surface area contributed by atoms with Gasteiger partial charge in [0.2, 0.25) is 0 Å². The Morgan fingerprint density at radius 2 is 1.94 bits per heavy atom. The number of halogens is 4. The third-order valence-electron chi connectivity index (χ3n) is 1.97. The van der Waals surface area contributed by atoms with Crippen LogP contribution in [0.1, 0.15) is 11.1 Å². The van der Waals surface area contributed by atoms with Gasteiger partial charge in [0, 0.05) is 16.2 Å². The van der Waals surface area contributed by atoms with Crippen LogP contribution in [0.25, 0.3) is 0 Å². The molecule has 0 aliphatic carbocycles. The van der Waals surface area contributed by atoms with Gasteiger partial charge in [0.1, 0.15) is 4.90 Å². The van der Waals surface area contributed by atoms with Crippen molar-refractivity contribution in [1.29, 1.82) is 5.26 Å². The molecule has 0 radical (unpaired) electrons. The first-order valence-electron chi connectivity index (χ1n) is 4.30. The monoisotopic (exact) mass is 299 g/mol. The average Bonchev–Trinajstić information content (AvgIpc) is 2.17. The van der Waals surface area contributed by atoms with Gasteiger partial charge < -0.3 is 4.74 Å². The van der Waals surface area contributed by atoms with Crippen molar-refractivity contribution in [3.05, 3.63) is 23.3 Å². The molecule has 0 bridgehead atoms. The molecular weight excluding hydrogens is 295 g/mol. The second-order valence-corrected chi connectivity index (χ2v) is 5.70. The first-order chi connectivity index (χ1) is 8.06. The Morgan fingerprint density at radius 3 is 2.33 bits per heavy atom. The lowest BCUT2D eigenvalue weighted by molar-refractivity contribution is -0.275. The van der Waals surface area contributed by atoms with Crippen molar-refractivity contribution in [2.75, 3.05) is 0 Å². The molecule has 1 rings (SSSR count). The molecule has 0 saturated carbocycles.